The third-order valence-corrected chi connectivity index (χ3v) is 7.31. The highest BCUT2D eigenvalue weighted by molar-refractivity contribution is 5.97. The quantitative estimate of drug-likeness (QED) is 0.323. The largest absolute Gasteiger partial charge is 0.353 e. The number of nitrogens with zero attached hydrogens (tertiary/aromatic N) is 5. The molecule has 0 unspecified atom stereocenters. The number of halogens is 1. The molecule has 1 fully saturated rings. The maximum absolute atomic E-state index is 14.6. The first-order valence-corrected chi connectivity index (χ1v) is 13.5. The Kier molecular flexibility index (Phi) is 8.44. The van der Waals surface area contributed by atoms with E-state index in [2.05, 4.69) is 15.1 Å². The highest BCUT2D eigenvalue weighted by Crippen LogP contribution is 2.24. The zero-order valence-corrected chi connectivity index (χ0v) is 22.5. The fraction of sp³-hybridized carbons (Fsp3) is 0.250. The van der Waals surface area contributed by atoms with E-state index in [4.69, 9.17) is 0 Å². The molecule has 204 valence electrons. The van der Waals surface area contributed by atoms with Crippen molar-refractivity contribution in [3.63, 3.8) is 0 Å². The van der Waals surface area contributed by atoms with E-state index in [1.54, 1.807) is 17.0 Å². The van der Waals surface area contributed by atoms with Crippen molar-refractivity contribution in [3.05, 3.63) is 114 Å². The number of aromatic nitrogens is 2. The van der Waals surface area contributed by atoms with Crippen LogP contribution in [0.25, 0.3) is 11.3 Å². The summed E-state index contributed by atoms with van der Waals surface area (Å²) in [6.07, 6.45) is 0.753. The first-order valence-electron chi connectivity index (χ1n) is 13.5. The number of hydrogen-bond acceptors (Lipinski definition) is 5. The molecule has 1 aliphatic heterocycles. The van der Waals surface area contributed by atoms with Crippen molar-refractivity contribution in [3.8, 4) is 11.3 Å². The summed E-state index contributed by atoms with van der Waals surface area (Å²) in [5.74, 6) is -0.508. The number of benzene rings is 3. The normalized spacial score (nSPS) is 14.3. The summed E-state index contributed by atoms with van der Waals surface area (Å²) < 4.78 is 14.6. The van der Waals surface area contributed by atoms with Gasteiger partial charge in [0.15, 0.2) is 5.82 Å². The van der Waals surface area contributed by atoms with Crippen LogP contribution in [0.3, 0.4) is 0 Å². The predicted molar refractivity (Wildman–Crippen MR) is 153 cm³/mol. The molecule has 1 aliphatic rings. The number of carbonyl (C=O) groups is 2. The summed E-state index contributed by atoms with van der Waals surface area (Å²) in [5.41, 5.74) is 2.65. The van der Waals surface area contributed by atoms with Crippen molar-refractivity contribution < 1.29 is 14.0 Å². The van der Waals surface area contributed by atoms with Gasteiger partial charge in [0.05, 0.1) is 17.3 Å². The van der Waals surface area contributed by atoms with Crippen LogP contribution in [-0.2, 0) is 4.79 Å². The van der Waals surface area contributed by atoms with Gasteiger partial charge in [0.1, 0.15) is 12.4 Å². The first kappa shape index (κ1) is 27.0. The van der Waals surface area contributed by atoms with Gasteiger partial charge in [-0.25, -0.2) is 4.39 Å². The molecule has 1 atom stereocenters. The van der Waals surface area contributed by atoms with Gasteiger partial charge >= 0.3 is 0 Å². The molecule has 2 amide bonds. The summed E-state index contributed by atoms with van der Waals surface area (Å²) in [6, 6.07) is 28.8. The summed E-state index contributed by atoms with van der Waals surface area (Å²) in [4.78, 5) is 32.5. The Balaban J connectivity index is 1.28. The van der Waals surface area contributed by atoms with Crippen molar-refractivity contribution in [2.45, 2.75) is 19.4 Å². The lowest BCUT2D eigenvalue weighted by molar-refractivity contribution is -0.132. The molecule has 0 radical (unpaired) electrons. The van der Waals surface area contributed by atoms with Crippen molar-refractivity contribution in [2.24, 2.45) is 0 Å². The van der Waals surface area contributed by atoms with Crippen LogP contribution in [0.1, 0.15) is 35.3 Å². The number of amides is 2. The van der Waals surface area contributed by atoms with Gasteiger partial charge in [-0.2, -0.15) is 0 Å². The van der Waals surface area contributed by atoms with E-state index in [-0.39, 0.29) is 18.0 Å². The van der Waals surface area contributed by atoms with Gasteiger partial charge in [0.2, 0.25) is 5.91 Å². The summed E-state index contributed by atoms with van der Waals surface area (Å²) >= 11 is 0. The average Bonchev–Trinajstić information content (AvgIpc) is 3.27. The molecule has 40 heavy (non-hydrogen) atoms. The molecule has 1 aromatic heterocycles. The molecule has 0 saturated carbocycles. The fourth-order valence-corrected chi connectivity index (χ4v) is 4.98. The van der Waals surface area contributed by atoms with Crippen LogP contribution in [-0.4, -0.2) is 64.5 Å². The van der Waals surface area contributed by atoms with Crippen molar-refractivity contribution >= 4 is 17.6 Å². The molecule has 2 heterocycles. The maximum atomic E-state index is 14.6. The van der Waals surface area contributed by atoms with Crippen LogP contribution < -0.4 is 4.90 Å². The van der Waals surface area contributed by atoms with Gasteiger partial charge in [0.25, 0.3) is 5.91 Å². The molecule has 5 rings (SSSR count). The van der Waals surface area contributed by atoms with Crippen LogP contribution >= 0.6 is 0 Å². The third kappa shape index (κ3) is 6.17. The molecule has 8 heteroatoms. The summed E-state index contributed by atoms with van der Waals surface area (Å²) in [7, 11) is 0. The van der Waals surface area contributed by atoms with Crippen LogP contribution in [0.15, 0.2) is 97.1 Å². The van der Waals surface area contributed by atoms with Crippen LogP contribution in [0, 0.1) is 5.82 Å². The van der Waals surface area contributed by atoms with Crippen molar-refractivity contribution in [1.29, 1.82) is 0 Å². The monoisotopic (exact) mass is 537 g/mol. The first-order chi connectivity index (χ1) is 19.5. The molecular formula is C32H32FN5O2. The van der Waals surface area contributed by atoms with Gasteiger partial charge in [-0.1, -0.05) is 72.8 Å². The van der Waals surface area contributed by atoms with Gasteiger partial charge in [-0.15, -0.1) is 10.2 Å². The fourth-order valence-electron chi connectivity index (χ4n) is 4.98. The minimum Gasteiger partial charge on any atom is -0.353 e. The molecule has 0 aliphatic carbocycles. The van der Waals surface area contributed by atoms with E-state index in [1.807, 2.05) is 79.7 Å². The Morgan fingerprint density at radius 3 is 2.23 bits per heavy atom. The van der Waals surface area contributed by atoms with Crippen LogP contribution in [0.2, 0.25) is 0 Å². The zero-order chi connectivity index (χ0) is 27.9. The Hall–Kier alpha value is -4.59. The molecule has 0 spiro atoms. The number of carbonyl (C=O) groups excluding carboxylic acids is 2. The lowest BCUT2D eigenvalue weighted by Crippen LogP contribution is -2.45. The molecule has 1 saturated heterocycles. The molecule has 3 aromatic carbocycles. The van der Waals surface area contributed by atoms with E-state index >= 15 is 0 Å². The predicted octanol–water partition coefficient (Wildman–Crippen LogP) is 5.23. The lowest BCUT2D eigenvalue weighted by Gasteiger charge is -2.32. The van der Waals surface area contributed by atoms with Crippen molar-refractivity contribution in [2.75, 3.05) is 37.6 Å². The summed E-state index contributed by atoms with van der Waals surface area (Å²) in [6.45, 7) is 4.11. The third-order valence-electron chi connectivity index (χ3n) is 7.31. The maximum Gasteiger partial charge on any atom is 0.257 e. The molecular weight excluding hydrogens is 505 g/mol. The standard InChI is InChI=1S/C32H32FN5O2/c1-24(25-11-4-2-5-12-25)38(32(40)27-15-8-9-16-28(27)33)23-31(39)37-20-10-19-36(21-22-37)30-18-17-29(34-35-30)26-13-6-3-7-14-26/h2-9,11-18,24H,10,19-23H2,1H3/t24-/m1/s1. The minimum atomic E-state index is -0.602. The van der Waals surface area contributed by atoms with Gasteiger partial charge in [-0.3, -0.25) is 9.59 Å². The number of hydrogen-bond donors (Lipinski definition) is 0. The number of anilines is 1. The highest BCUT2D eigenvalue weighted by Gasteiger charge is 2.29. The Morgan fingerprint density at radius 2 is 1.52 bits per heavy atom. The second-order valence-electron chi connectivity index (χ2n) is 9.86. The van der Waals surface area contributed by atoms with E-state index in [0.29, 0.717) is 19.6 Å². The lowest BCUT2D eigenvalue weighted by atomic mass is 10.0. The Bertz CT molecular complexity index is 1430. The smallest absolute Gasteiger partial charge is 0.257 e. The molecule has 0 bridgehead atoms. The topological polar surface area (TPSA) is 69.6 Å². The number of rotatable bonds is 7. The van der Waals surface area contributed by atoms with Crippen LogP contribution in [0.4, 0.5) is 10.2 Å². The van der Waals surface area contributed by atoms with E-state index in [9.17, 15) is 14.0 Å². The summed E-state index contributed by atoms with van der Waals surface area (Å²) in [5, 5.41) is 8.85. The minimum absolute atomic E-state index is 0.0438. The van der Waals surface area contributed by atoms with E-state index < -0.39 is 17.8 Å². The van der Waals surface area contributed by atoms with Gasteiger partial charge < -0.3 is 14.7 Å². The second-order valence-corrected chi connectivity index (χ2v) is 9.86. The Morgan fingerprint density at radius 1 is 0.825 bits per heavy atom. The molecule has 7 nitrogen and oxygen atoms in total. The zero-order valence-electron chi connectivity index (χ0n) is 22.5. The molecule has 4 aromatic rings. The SMILES string of the molecule is C[C@H](c1ccccc1)N(CC(=O)N1CCCN(c2ccc(-c3ccccc3)nn2)CC1)C(=O)c1ccccc1F. The van der Waals surface area contributed by atoms with E-state index in [0.717, 1.165) is 35.6 Å². The molecule has 0 N–H and O–H groups in total. The highest BCUT2D eigenvalue weighted by atomic mass is 19.1. The Labute approximate surface area is 233 Å². The second kappa shape index (κ2) is 12.5. The van der Waals surface area contributed by atoms with Gasteiger partial charge in [0, 0.05) is 31.7 Å². The van der Waals surface area contributed by atoms with Crippen LogP contribution in [0.5, 0.6) is 0 Å². The van der Waals surface area contributed by atoms with Crippen molar-refractivity contribution in [1.82, 2.24) is 20.0 Å². The average molecular weight is 538 g/mol. The van der Waals surface area contributed by atoms with Gasteiger partial charge in [-0.05, 0) is 43.2 Å². The van der Waals surface area contributed by atoms with E-state index in [1.165, 1.54) is 17.0 Å².